The summed E-state index contributed by atoms with van der Waals surface area (Å²) in [6.07, 6.45) is 3.13. The Kier molecular flexibility index (Phi) is 4.70. The van der Waals surface area contributed by atoms with Crippen molar-refractivity contribution in [2.75, 3.05) is 36.5 Å². The van der Waals surface area contributed by atoms with Crippen LogP contribution in [0, 0.1) is 0 Å². The number of hydrogen-bond donors (Lipinski definition) is 2. The number of aromatic nitrogens is 4. The van der Waals surface area contributed by atoms with Gasteiger partial charge in [-0.1, -0.05) is 0 Å². The number of anilines is 2. The van der Waals surface area contributed by atoms with Gasteiger partial charge >= 0.3 is 0 Å². The van der Waals surface area contributed by atoms with Crippen molar-refractivity contribution < 1.29 is 14.6 Å². The van der Waals surface area contributed by atoms with Crippen LogP contribution in [0.15, 0.2) is 36.7 Å². The minimum absolute atomic E-state index is 0.320. The summed E-state index contributed by atoms with van der Waals surface area (Å²) >= 11 is 0. The van der Waals surface area contributed by atoms with E-state index in [1.165, 1.54) is 6.20 Å². The summed E-state index contributed by atoms with van der Waals surface area (Å²) in [5, 5.41) is 17.1. The molecular formula is C19H22N6O3. The van der Waals surface area contributed by atoms with Crippen molar-refractivity contribution in [3.05, 3.63) is 47.9 Å². The zero-order valence-electron chi connectivity index (χ0n) is 15.8. The fourth-order valence-corrected chi connectivity index (χ4v) is 3.06. The number of fused-ring (bicyclic) bond motifs is 1. The number of pyridine rings is 1. The Morgan fingerprint density at radius 3 is 2.71 bits per heavy atom. The third kappa shape index (κ3) is 3.67. The number of morpholine rings is 1. The lowest BCUT2D eigenvalue weighted by Gasteiger charge is -2.29. The van der Waals surface area contributed by atoms with Crippen LogP contribution in [0.2, 0.25) is 0 Å². The lowest BCUT2D eigenvalue weighted by atomic mass is 10.0. The van der Waals surface area contributed by atoms with E-state index in [4.69, 9.17) is 4.74 Å². The summed E-state index contributed by atoms with van der Waals surface area (Å²) in [4.78, 5) is 23.4. The second-order valence-corrected chi connectivity index (χ2v) is 7.15. The van der Waals surface area contributed by atoms with Gasteiger partial charge in [0.05, 0.1) is 30.7 Å². The molecule has 3 aromatic heterocycles. The number of nitrogens with zero attached hydrogens (tertiary/aromatic N) is 5. The molecule has 1 saturated heterocycles. The third-order valence-corrected chi connectivity index (χ3v) is 4.57. The Morgan fingerprint density at radius 1 is 1.25 bits per heavy atom. The highest BCUT2D eigenvalue weighted by Gasteiger charge is 2.20. The molecule has 0 unspecified atom stereocenters. The quantitative estimate of drug-likeness (QED) is 0.703. The average molecular weight is 382 g/mol. The third-order valence-electron chi connectivity index (χ3n) is 4.57. The molecule has 0 atom stereocenters. The molecule has 0 bridgehead atoms. The topological polar surface area (TPSA) is 105 Å². The molecule has 0 radical (unpaired) electrons. The molecule has 0 spiro atoms. The van der Waals surface area contributed by atoms with Gasteiger partial charge in [0.1, 0.15) is 17.2 Å². The molecule has 3 aromatic rings. The normalized spacial score (nSPS) is 15.0. The molecule has 1 amide bonds. The van der Waals surface area contributed by atoms with Crippen molar-refractivity contribution in [3.63, 3.8) is 0 Å². The molecule has 4 heterocycles. The lowest BCUT2D eigenvalue weighted by Crippen LogP contribution is -2.37. The maximum absolute atomic E-state index is 12.6. The molecule has 4 rings (SSSR count). The summed E-state index contributed by atoms with van der Waals surface area (Å²) in [5.74, 6) is 0.967. The molecule has 0 saturated carbocycles. The van der Waals surface area contributed by atoms with Crippen LogP contribution >= 0.6 is 0 Å². The molecule has 1 aliphatic heterocycles. The van der Waals surface area contributed by atoms with Crippen molar-refractivity contribution in [2.24, 2.45) is 0 Å². The lowest BCUT2D eigenvalue weighted by molar-refractivity contribution is 0.0737. The molecule has 1 fully saturated rings. The van der Waals surface area contributed by atoms with Crippen LogP contribution in [0.5, 0.6) is 0 Å². The van der Waals surface area contributed by atoms with Crippen LogP contribution in [-0.2, 0) is 10.3 Å². The molecule has 0 aliphatic carbocycles. The van der Waals surface area contributed by atoms with E-state index in [1.54, 1.807) is 42.8 Å². The van der Waals surface area contributed by atoms with E-state index in [1.807, 2.05) is 6.07 Å². The Balaban J connectivity index is 1.59. The average Bonchev–Trinajstić information content (AvgIpc) is 3.16. The fraction of sp³-hybridized carbons (Fsp3) is 0.368. The van der Waals surface area contributed by atoms with Crippen molar-refractivity contribution in [3.8, 4) is 0 Å². The van der Waals surface area contributed by atoms with E-state index < -0.39 is 5.60 Å². The Hall–Kier alpha value is -3.04. The molecule has 9 nitrogen and oxygen atoms in total. The number of hydrogen-bond acceptors (Lipinski definition) is 7. The highest BCUT2D eigenvalue weighted by Crippen LogP contribution is 2.22. The molecule has 2 N–H and O–H groups in total. The largest absolute Gasteiger partial charge is 0.384 e. The van der Waals surface area contributed by atoms with Crippen LogP contribution in [0.3, 0.4) is 0 Å². The van der Waals surface area contributed by atoms with E-state index in [2.05, 4.69) is 25.3 Å². The van der Waals surface area contributed by atoms with Gasteiger partial charge in [-0.2, -0.15) is 9.61 Å². The first-order chi connectivity index (χ1) is 13.4. The van der Waals surface area contributed by atoms with E-state index in [0.29, 0.717) is 35.9 Å². The maximum Gasteiger partial charge on any atom is 0.258 e. The summed E-state index contributed by atoms with van der Waals surface area (Å²) in [6.45, 7) is 6.07. The van der Waals surface area contributed by atoms with Crippen molar-refractivity contribution >= 4 is 23.2 Å². The van der Waals surface area contributed by atoms with Crippen molar-refractivity contribution in [1.29, 1.82) is 0 Å². The molecule has 1 aliphatic rings. The minimum atomic E-state index is -1.06. The minimum Gasteiger partial charge on any atom is -0.384 e. The number of rotatable bonds is 4. The number of carbonyl (C=O) groups excluding carboxylic acids is 1. The number of ether oxygens (including phenoxy) is 1. The van der Waals surface area contributed by atoms with E-state index in [9.17, 15) is 9.90 Å². The molecule has 9 heteroatoms. The summed E-state index contributed by atoms with van der Waals surface area (Å²) in [6, 6.07) is 6.87. The summed E-state index contributed by atoms with van der Waals surface area (Å²) in [5.41, 5.74) is 0.472. The Bertz CT molecular complexity index is 987. The van der Waals surface area contributed by atoms with E-state index in [-0.39, 0.29) is 5.91 Å². The SMILES string of the molecule is CC(C)(O)c1ccc(C(=O)Nc2cc(N3CCOCC3)n3nccc3n2)cn1. The first-order valence-corrected chi connectivity index (χ1v) is 9.09. The Morgan fingerprint density at radius 2 is 2.04 bits per heavy atom. The monoisotopic (exact) mass is 382 g/mol. The van der Waals surface area contributed by atoms with Gasteiger partial charge in [0.15, 0.2) is 5.65 Å². The van der Waals surface area contributed by atoms with E-state index >= 15 is 0 Å². The standard InChI is InChI=1S/C19H22N6O3/c1-19(2,27)14-4-3-13(12-20-14)18(26)23-15-11-17(24-7-9-28-10-8-24)25-16(22-15)5-6-21-25/h3-6,11-12,27H,7-10H2,1-2H3,(H,22,23,26). The first-order valence-electron chi connectivity index (χ1n) is 9.09. The van der Waals surface area contributed by atoms with Crippen molar-refractivity contribution in [2.45, 2.75) is 19.4 Å². The van der Waals surface area contributed by atoms with Gasteiger partial charge in [0, 0.05) is 31.4 Å². The van der Waals surface area contributed by atoms with Gasteiger partial charge in [0.25, 0.3) is 5.91 Å². The number of carbonyl (C=O) groups is 1. The smallest absolute Gasteiger partial charge is 0.258 e. The maximum atomic E-state index is 12.6. The zero-order chi connectivity index (χ0) is 19.7. The number of nitrogens with one attached hydrogen (secondary N) is 1. The molecule has 28 heavy (non-hydrogen) atoms. The van der Waals surface area contributed by atoms with Crippen LogP contribution in [0.1, 0.15) is 29.9 Å². The summed E-state index contributed by atoms with van der Waals surface area (Å²) < 4.78 is 7.17. The highest BCUT2D eigenvalue weighted by atomic mass is 16.5. The van der Waals surface area contributed by atoms with Crippen LogP contribution in [-0.4, -0.2) is 56.9 Å². The van der Waals surface area contributed by atoms with Crippen LogP contribution < -0.4 is 10.2 Å². The molecule has 0 aromatic carbocycles. The van der Waals surface area contributed by atoms with Gasteiger partial charge < -0.3 is 20.1 Å². The number of aliphatic hydroxyl groups is 1. The van der Waals surface area contributed by atoms with Crippen LogP contribution in [0.4, 0.5) is 11.6 Å². The predicted octanol–water partition coefficient (Wildman–Crippen LogP) is 1.44. The van der Waals surface area contributed by atoms with E-state index in [0.717, 1.165) is 18.9 Å². The molecular weight excluding hydrogens is 360 g/mol. The predicted molar refractivity (Wildman–Crippen MR) is 103 cm³/mol. The first kappa shape index (κ1) is 18.3. The van der Waals surface area contributed by atoms with Crippen LogP contribution in [0.25, 0.3) is 5.65 Å². The van der Waals surface area contributed by atoms with Crippen molar-refractivity contribution in [1.82, 2.24) is 19.6 Å². The van der Waals surface area contributed by atoms with Gasteiger partial charge in [-0.15, -0.1) is 0 Å². The van der Waals surface area contributed by atoms with Gasteiger partial charge in [0.2, 0.25) is 0 Å². The van der Waals surface area contributed by atoms with Gasteiger partial charge in [-0.05, 0) is 26.0 Å². The van der Waals surface area contributed by atoms with Gasteiger partial charge in [-0.3, -0.25) is 9.78 Å². The zero-order valence-corrected chi connectivity index (χ0v) is 15.8. The second kappa shape index (κ2) is 7.17. The second-order valence-electron chi connectivity index (χ2n) is 7.15. The number of amides is 1. The van der Waals surface area contributed by atoms with Gasteiger partial charge in [-0.25, -0.2) is 4.98 Å². The fourth-order valence-electron chi connectivity index (χ4n) is 3.06. The highest BCUT2D eigenvalue weighted by molar-refractivity contribution is 6.03. The Labute approximate surface area is 162 Å². The summed E-state index contributed by atoms with van der Waals surface area (Å²) in [7, 11) is 0. The molecule has 146 valence electrons.